The van der Waals surface area contributed by atoms with Gasteiger partial charge in [-0.2, -0.15) is 5.10 Å². The lowest BCUT2D eigenvalue weighted by atomic mass is 10.1. The smallest absolute Gasteiger partial charge is 0.151 e. The van der Waals surface area contributed by atoms with Crippen molar-refractivity contribution in [1.82, 2.24) is 10.2 Å². The lowest BCUT2D eigenvalue weighted by Gasteiger charge is -2.31. The molecule has 0 spiro atoms. The Morgan fingerprint density at radius 3 is 2.50 bits per heavy atom. The molecule has 1 aliphatic rings. The zero-order valence-corrected chi connectivity index (χ0v) is 11.3. The Bertz CT molecular complexity index is 358. The normalized spacial score (nSPS) is 16.4. The molecule has 0 radical (unpaired) electrons. The Morgan fingerprint density at radius 1 is 1.28 bits per heavy atom. The van der Waals surface area contributed by atoms with Crippen molar-refractivity contribution in [2.45, 2.75) is 52.2 Å². The van der Waals surface area contributed by atoms with E-state index in [1.54, 1.807) is 0 Å². The van der Waals surface area contributed by atoms with Gasteiger partial charge in [0.1, 0.15) is 0 Å². The van der Waals surface area contributed by atoms with E-state index in [1.807, 2.05) is 12.1 Å². The predicted octanol–water partition coefficient (Wildman–Crippen LogP) is 2.37. The fraction of sp³-hybridized carbons (Fsp3) is 0.714. The highest BCUT2D eigenvalue weighted by Crippen LogP contribution is 2.27. The Labute approximate surface area is 109 Å². The van der Waals surface area contributed by atoms with Gasteiger partial charge in [0, 0.05) is 12.6 Å². The van der Waals surface area contributed by atoms with Crippen LogP contribution in [-0.2, 0) is 6.61 Å². The number of anilines is 1. The third-order valence-electron chi connectivity index (χ3n) is 3.49. The zero-order valence-electron chi connectivity index (χ0n) is 11.3. The van der Waals surface area contributed by atoms with Gasteiger partial charge in [0.15, 0.2) is 5.82 Å². The average Bonchev–Trinajstić information content (AvgIpc) is 2.89. The maximum absolute atomic E-state index is 9.01. The first-order valence-corrected chi connectivity index (χ1v) is 6.91. The molecule has 0 amide bonds. The van der Waals surface area contributed by atoms with Crippen LogP contribution < -0.4 is 4.90 Å². The Morgan fingerprint density at radius 2 is 2.00 bits per heavy atom. The third-order valence-corrected chi connectivity index (χ3v) is 3.49. The van der Waals surface area contributed by atoms with E-state index in [2.05, 4.69) is 28.9 Å². The van der Waals surface area contributed by atoms with Crippen molar-refractivity contribution in [3.63, 3.8) is 0 Å². The van der Waals surface area contributed by atoms with E-state index >= 15 is 0 Å². The van der Waals surface area contributed by atoms with E-state index < -0.39 is 0 Å². The molecule has 1 N–H and O–H groups in total. The summed E-state index contributed by atoms with van der Waals surface area (Å²) in [6.07, 6.45) is 5.16. The van der Waals surface area contributed by atoms with Crippen LogP contribution >= 0.6 is 0 Å². The largest absolute Gasteiger partial charge is 0.390 e. The molecule has 1 saturated carbocycles. The number of rotatable bonds is 5. The van der Waals surface area contributed by atoms with Gasteiger partial charge in [-0.05, 0) is 30.9 Å². The Hall–Kier alpha value is -1.16. The van der Waals surface area contributed by atoms with Crippen molar-refractivity contribution in [3.05, 3.63) is 17.8 Å². The first-order valence-electron chi connectivity index (χ1n) is 6.91. The monoisotopic (exact) mass is 249 g/mol. The number of nitrogens with zero attached hydrogens (tertiary/aromatic N) is 3. The second kappa shape index (κ2) is 6.14. The van der Waals surface area contributed by atoms with Gasteiger partial charge < -0.3 is 10.0 Å². The maximum atomic E-state index is 9.01. The summed E-state index contributed by atoms with van der Waals surface area (Å²) in [5.41, 5.74) is 0.634. The molecule has 1 aromatic rings. The highest BCUT2D eigenvalue weighted by atomic mass is 16.3. The van der Waals surface area contributed by atoms with Gasteiger partial charge in [0.2, 0.25) is 0 Å². The van der Waals surface area contributed by atoms with Gasteiger partial charge >= 0.3 is 0 Å². The van der Waals surface area contributed by atoms with Crippen LogP contribution in [0.1, 0.15) is 45.2 Å². The van der Waals surface area contributed by atoms with Crippen molar-refractivity contribution in [3.8, 4) is 0 Å². The second-order valence-electron chi connectivity index (χ2n) is 5.53. The van der Waals surface area contributed by atoms with Gasteiger partial charge in [-0.15, -0.1) is 5.10 Å². The molecule has 4 nitrogen and oxygen atoms in total. The van der Waals surface area contributed by atoms with Crippen LogP contribution in [-0.4, -0.2) is 27.9 Å². The van der Waals surface area contributed by atoms with Gasteiger partial charge in [0.25, 0.3) is 0 Å². The lowest BCUT2D eigenvalue weighted by molar-refractivity contribution is 0.275. The van der Waals surface area contributed by atoms with Crippen LogP contribution in [0.2, 0.25) is 0 Å². The van der Waals surface area contributed by atoms with E-state index in [0.717, 1.165) is 12.4 Å². The molecule has 0 aromatic carbocycles. The first kappa shape index (κ1) is 13.3. The SMILES string of the molecule is CC(C)CN(c1ccc(CO)nn1)C1CCCC1. The first-order chi connectivity index (χ1) is 8.70. The summed E-state index contributed by atoms with van der Waals surface area (Å²) in [6.45, 7) is 5.45. The summed E-state index contributed by atoms with van der Waals surface area (Å²) < 4.78 is 0. The minimum Gasteiger partial charge on any atom is -0.390 e. The average molecular weight is 249 g/mol. The van der Waals surface area contributed by atoms with E-state index in [9.17, 15) is 0 Å². The van der Waals surface area contributed by atoms with Crippen molar-refractivity contribution in [2.75, 3.05) is 11.4 Å². The number of aromatic nitrogens is 2. The molecule has 4 heteroatoms. The van der Waals surface area contributed by atoms with Crippen LogP contribution in [0.25, 0.3) is 0 Å². The molecule has 1 aliphatic carbocycles. The van der Waals surface area contributed by atoms with Crippen molar-refractivity contribution >= 4 is 5.82 Å². The maximum Gasteiger partial charge on any atom is 0.151 e. The third kappa shape index (κ3) is 3.19. The highest BCUT2D eigenvalue weighted by molar-refractivity contribution is 5.39. The summed E-state index contributed by atoms with van der Waals surface area (Å²) in [5, 5.41) is 17.3. The quantitative estimate of drug-likeness (QED) is 0.870. The molecule has 1 fully saturated rings. The fourth-order valence-electron chi connectivity index (χ4n) is 2.63. The number of aliphatic hydroxyl groups excluding tert-OH is 1. The van der Waals surface area contributed by atoms with Gasteiger partial charge in [0.05, 0.1) is 12.3 Å². The summed E-state index contributed by atoms with van der Waals surface area (Å²) in [6, 6.07) is 4.46. The molecule has 18 heavy (non-hydrogen) atoms. The Kier molecular flexibility index (Phi) is 4.53. The summed E-state index contributed by atoms with van der Waals surface area (Å²) in [4.78, 5) is 2.39. The molecule has 0 aliphatic heterocycles. The van der Waals surface area contributed by atoms with E-state index in [1.165, 1.54) is 25.7 Å². The van der Waals surface area contributed by atoms with Crippen LogP contribution in [0.15, 0.2) is 12.1 Å². The van der Waals surface area contributed by atoms with Crippen molar-refractivity contribution < 1.29 is 5.11 Å². The summed E-state index contributed by atoms with van der Waals surface area (Å²) >= 11 is 0. The van der Waals surface area contributed by atoms with Crippen molar-refractivity contribution in [1.29, 1.82) is 0 Å². The molecular weight excluding hydrogens is 226 g/mol. The highest BCUT2D eigenvalue weighted by Gasteiger charge is 2.24. The van der Waals surface area contributed by atoms with Gasteiger partial charge in [-0.3, -0.25) is 0 Å². The topological polar surface area (TPSA) is 49.2 Å². The number of aliphatic hydroxyl groups is 1. The summed E-state index contributed by atoms with van der Waals surface area (Å²) in [5.74, 6) is 1.57. The molecular formula is C14H23N3O. The molecule has 0 bridgehead atoms. The van der Waals surface area contributed by atoms with Crippen LogP contribution in [0, 0.1) is 5.92 Å². The van der Waals surface area contributed by atoms with Crippen LogP contribution in [0.5, 0.6) is 0 Å². The summed E-state index contributed by atoms with van der Waals surface area (Å²) in [7, 11) is 0. The molecule has 0 saturated heterocycles. The predicted molar refractivity (Wildman–Crippen MR) is 72.4 cm³/mol. The minimum absolute atomic E-state index is 0.0408. The van der Waals surface area contributed by atoms with E-state index in [4.69, 9.17) is 5.11 Å². The standard InChI is InChI=1S/C14H23N3O/c1-11(2)9-17(13-5-3-4-6-13)14-8-7-12(10-18)15-16-14/h7-8,11,13,18H,3-6,9-10H2,1-2H3. The molecule has 0 atom stereocenters. The number of hydrogen-bond acceptors (Lipinski definition) is 4. The van der Waals surface area contributed by atoms with Gasteiger partial charge in [-0.1, -0.05) is 26.7 Å². The molecule has 0 unspecified atom stereocenters. The zero-order chi connectivity index (χ0) is 13.0. The molecule has 1 heterocycles. The Balaban J connectivity index is 2.15. The molecule has 2 rings (SSSR count). The van der Waals surface area contributed by atoms with Gasteiger partial charge in [-0.25, -0.2) is 0 Å². The van der Waals surface area contributed by atoms with E-state index in [-0.39, 0.29) is 6.61 Å². The molecule has 1 aromatic heterocycles. The lowest BCUT2D eigenvalue weighted by Crippen LogP contribution is -2.37. The number of hydrogen-bond donors (Lipinski definition) is 1. The van der Waals surface area contributed by atoms with E-state index in [0.29, 0.717) is 17.7 Å². The fourth-order valence-corrected chi connectivity index (χ4v) is 2.63. The van der Waals surface area contributed by atoms with Crippen LogP contribution in [0.4, 0.5) is 5.82 Å². The van der Waals surface area contributed by atoms with Crippen LogP contribution in [0.3, 0.4) is 0 Å². The second-order valence-corrected chi connectivity index (χ2v) is 5.53. The van der Waals surface area contributed by atoms with Crippen molar-refractivity contribution in [2.24, 2.45) is 5.92 Å². The molecule has 100 valence electrons. The minimum atomic E-state index is -0.0408.